The fraction of sp³-hybridized carbons (Fsp3) is 0.400. The lowest BCUT2D eigenvalue weighted by Gasteiger charge is -2.03. The molecule has 0 fully saturated rings. The molecule has 0 atom stereocenters. The fourth-order valence-corrected chi connectivity index (χ4v) is 1.95. The van der Waals surface area contributed by atoms with Gasteiger partial charge in [0.15, 0.2) is 5.78 Å². The number of unbranched alkanes of at least 4 members (excludes halogenated alkanes) is 2. The van der Waals surface area contributed by atoms with Gasteiger partial charge in [-0.1, -0.05) is 37.1 Å². The quantitative estimate of drug-likeness (QED) is 0.589. The number of benzene rings is 1. The zero-order valence-corrected chi connectivity index (χ0v) is 11.5. The molecule has 2 rings (SSSR count). The van der Waals surface area contributed by atoms with Crippen molar-refractivity contribution in [3.8, 4) is 5.69 Å². The Morgan fingerprint density at radius 2 is 1.95 bits per heavy atom. The van der Waals surface area contributed by atoms with Crippen molar-refractivity contribution in [2.24, 2.45) is 0 Å². The topological polar surface area (TPSA) is 47.8 Å². The van der Waals surface area contributed by atoms with Crippen LogP contribution >= 0.6 is 0 Å². The first-order chi connectivity index (χ1) is 9.20. The lowest BCUT2D eigenvalue weighted by Crippen LogP contribution is -1.95. The molecule has 0 aliphatic heterocycles. The second kappa shape index (κ2) is 6.27. The number of aromatic nitrogens is 3. The smallest absolute Gasteiger partial charge is 0.181 e. The molecule has 19 heavy (non-hydrogen) atoms. The summed E-state index contributed by atoms with van der Waals surface area (Å²) in [5.74, 6) is -0.0672. The molecule has 1 heterocycles. The molecule has 0 saturated carbocycles. The van der Waals surface area contributed by atoms with Crippen molar-refractivity contribution in [2.75, 3.05) is 0 Å². The van der Waals surface area contributed by atoms with E-state index >= 15 is 0 Å². The van der Waals surface area contributed by atoms with Crippen LogP contribution < -0.4 is 0 Å². The Balaban J connectivity index is 2.06. The Labute approximate surface area is 113 Å². The lowest BCUT2D eigenvalue weighted by atomic mass is 10.1. The van der Waals surface area contributed by atoms with Crippen molar-refractivity contribution < 1.29 is 4.79 Å². The molecule has 0 amide bonds. The van der Waals surface area contributed by atoms with E-state index in [1.165, 1.54) is 31.7 Å². The van der Waals surface area contributed by atoms with E-state index in [0.717, 1.165) is 12.1 Å². The third kappa shape index (κ3) is 3.50. The standard InChI is InChI=1S/C15H19N3O/c1-3-4-5-6-13-7-9-14(10-8-13)18-11-15(12(2)19)16-17-18/h7-11H,3-6H2,1-2H3. The van der Waals surface area contributed by atoms with Gasteiger partial charge in [0, 0.05) is 6.92 Å². The van der Waals surface area contributed by atoms with E-state index in [-0.39, 0.29) is 5.78 Å². The summed E-state index contributed by atoms with van der Waals surface area (Å²) in [6, 6.07) is 8.25. The first-order valence-corrected chi connectivity index (χ1v) is 6.73. The average Bonchev–Trinajstić information content (AvgIpc) is 2.90. The monoisotopic (exact) mass is 257 g/mol. The Morgan fingerprint density at radius 3 is 2.53 bits per heavy atom. The third-order valence-corrected chi connectivity index (χ3v) is 3.12. The molecule has 0 aliphatic rings. The molecule has 100 valence electrons. The van der Waals surface area contributed by atoms with Crippen LogP contribution in [0.25, 0.3) is 5.69 Å². The van der Waals surface area contributed by atoms with Gasteiger partial charge in [-0.2, -0.15) is 0 Å². The van der Waals surface area contributed by atoms with Crippen molar-refractivity contribution >= 4 is 5.78 Å². The summed E-state index contributed by atoms with van der Waals surface area (Å²) in [7, 11) is 0. The molecule has 4 heteroatoms. The second-order valence-electron chi connectivity index (χ2n) is 4.73. The van der Waals surface area contributed by atoms with Crippen LogP contribution in [0.1, 0.15) is 49.2 Å². The van der Waals surface area contributed by atoms with Gasteiger partial charge in [-0.3, -0.25) is 4.79 Å². The van der Waals surface area contributed by atoms with Crippen LogP contribution in [0.4, 0.5) is 0 Å². The highest BCUT2D eigenvalue weighted by atomic mass is 16.1. The number of Topliss-reactive ketones (excluding diaryl/α,β-unsaturated/α-hetero) is 1. The summed E-state index contributed by atoms with van der Waals surface area (Å²) in [5, 5.41) is 7.80. The van der Waals surface area contributed by atoms with Gasteiger partial charge in [0.2, 0.25) is 0 Å². The van der Waals surface area contributed by atoms with Gasteiger partial charge in [-0.25, -0.2) is 4.68 Å². The minimum Gasteiger partial charge on any atom is -0.293 e. The van der Waals surface area contributed by atoms with E-state index in [4.69, 9.17) is 0 Å². The van der Waals surface area contributed by atoms with Crippen LogP contribution in [-0.2, 0) is 6.42 Å². The predicted molar refractivity (Wildman–Crippen MR) is 74.6 cm³/mol. The summed E-state index contributed by atoms with van der Waals surface area (Å²) in [4.78, 5) is 11.2. The van der Waals surface area contributed by atoms with Crippen LogP contribution in [0.2, 0.25) is 0 Å². The largest absolute Gasteiger partial charge is 0.293 e. The molecule has 0 bridgehead atoms. The van der Waals surface area contributed by atoms with Crippen molar-refractivity contribution in [2.45, 2.75) is 39.5 Å². The van der Waals surface area contributed by atoms with E-state index in [1.807, 2.05) is 12.1 Å². The highest BCUT2D eigenvalue weighted by Gasteiger charge is 2.06. The number of nitrogens with zero attached hydrogens (tertiary/aromatic N) is 3. The average molecular weight is 257 g/mol. The van der Waals surface area contributed by atoms with E-state index in [9.17, 15) is 4.79 Å². The van der Waals surface area contributed by atoms with Gasteiger partial charge in [-0.15, -0.1) is 5.10 Å². The Bertz CT molecular complexity index is 543. The highest BCUT2D eigenvalue weighted by molar-refractivity contribution is 5.91. The maximum atomic E-state index is 11.2. The van der Waals surface area contributed by atoms with Gasteiger partial charge in [-0.05, 0) is 30.5 Å². The minimum atomic E-state index is -0.0672. The number of aryl methyl sites for hydroxylation is 1. The SMILES string of the molecule is CCCCCc1ccc(-n2cc(C(C)=O)nn2)cc1. The number of rotatable bonds is 6. The van der Waals surface area contributed by atoms with Crippen LogP contribution in [0.3, 0.4) is 0 Å². The Morgan fingerprint density at radius 1 is 1.21 bits per heavy atom. The van der Waals surface area contributed by atoms with Crippen LogP contribution in [0.5, 0.6) is 0 Å². The van der Waals surface area contributed by atoms with Crippen molar-refractivity contribution in [3.05, 3.63) is 41.7 Å². The summed E-state index contributed by atoms with van der Waals surface area (Å²) in [5.41, 5.74) is 2.66. The van der Waals surface area contributed by atoms with Gasteiger partial charge in [0.05, 0.1) is 11.9 Å². The van der Waals surface area contributed by atoms with E-state index < -0.39 is 0 Å². The van der Waals surface area contributed by atoms with Gasteiger partial charge in [0.25, 0.3) is 0 Å². The molecule has 0 spiro atoms. The minimum absolute atomic E-state index is 0.0672. The molecule has 2 aromatic rings. The first-order valence-electron chi connectivity index (χ1n) is 6.73. The zero-order chi connectivity index (χ0) is 13.7. The maximum Gasteiger partial charge on any atom is 0.181 e. The van der Waals surface area contributed by atoms with Crippen molar-refractivity contribution in [1.82, 2.24) is 15.0 Å². The number of hydrogen-bond acceptors (Lipinski definition) is 3. The molecule has 0 unspecified atom stereocenters. The predicted octanol–water partition coefficient (Wildman–Crippen LogP) is 3.20. The third-order valence-electron chi connectivity index (χ3n) is 3.12. The molecular formula is C15H19N3O. The van der Waals surface area contributed by atoms with E-state index in [1.54, 1.807) is 10.9 Å². The molecular weight excluding hydrogens is 238 g/mol. The first kappa shape index (κ1) is 13.5. The van der Waals surface area contributed by atoms with Gasteiger partial charge < -0.3 is 0 Å². The molecule has 0 N–H and O–H groups in total. The Kier molecular flexibility index (Phi) is 4.44. The number of ketones is 1. The van der Waals surface area contributed by atoms with Crippen molar-refractivity contribution in [3.63, 3.8) is 0 Å². The van der Waals surface area contributed by atoms with Crippen LogP contribution in [0.15, 0.2) is 30.5 Å². The molecule has 0 radical (unpaired) electrons. The zero-order valence-electron chi connectivity index (χ0n) is 11.5. The highest BCUT2D eigenvalue weighted by Crippen LogP contribution is 2.12. The van der Waals surface area contributed by atoms with Gasteiger partial charge in [0.1, 0.15) is 5.69 Å². The van der Waals surface area contributed by atoms with Crippen LogP contribution in [0, 0.1) is 0 Å². The second-order valence-corrected chi connectivity index (χ2v) is 4.73. The lowest BCUT2D eigenvalue weighted by molar-refractivity contribution is 0.101. The normalized spacial score (nSPS) is 10.6. The fourth-order valence-electron chi connectivity index (χ4n) is 1.95. The Hall–Kier alpha value is -1.97. The molecule has 1 aromatic heterocycles. The number of hydrogen-bond donors (Lipinski definition) is 0. The van der Waals surface area contributed by atoms with Crippen molar-refractivity contribution in [1.29, 1.82) is 0 Å². The molecule has 4 nitrogen and oxygen atoms in total. The summed E-state index contributed by atoms with van der Waals surface area (Å²) >= 11 is 0. The maximum absolute atomic E-state index is 11.2. The van der Waals surface area contributed by atoms with Gasteiger partial charge >= 0.3 is 0 Å². The van der Waals surface area contributed by atoms with E-state index in [0.29, 0.717) is 5.69 Å². The number of carbonyl (C=O) groups is 1. The summed E-state index contributed by atoms with van der Waals surface area (Å²) < 4.78 is 1.63. The summed E-state index contributed by atoms with van der Waals surface area (Å²) in [6.07, 6.45) is 6.52. The van der Waals surface area contributed by atoms with E-state index in [2.05, 4.69) is 29.4 Å². The molecule has 0 aliphatic carbocycles. The number of carbonyl (C=O) groups excluding carboxylic acids is 1. The molecule has 0 saturated heterocycles. The molecule has 1 aromatic carbocycles. The van der Waals surface area contributed by atoms with Crippen LogP contribution in [-0.4, -0.2) is 20.8 Å². The summed E-state index contributed by atoms with van der Waals surface area (Å²) in [6.45, 7) is 3.70.